The summed E-state index contributed by atoms with van der Waals surface area (Å²) in [4.78, 5) is 22.6. The Morgan fingerprint density at radius 1 is 1.41 bits per heavy atom. The van der Waals surface area contributed by atoms with Crippen LogP contribution in [0, 0.1) is 12.8 Å². The lowest BCUT2D eigenvalue weighted by Gasteiger charge is -2.17. The number of ether oxygens (including phenoxy) is 1. The number of aryl methyl sites for hydroxylation is 1. The molecular formula is C13H19NO6S2. The molecule has 0 amide bonds. The summed E-state index contributed by atoms with van der Waals surface area (Å²) in [5.41, 5.74) is 0.367. The summed E-state index contributed by atoms with van der Waals surface area (Å²) in [6.07, 6.45) is 0.144. The molecule has 124 valence electrons. The van der Waals surface area contributed by atoms with Gasteiger partial charge in [0, 0.05) is 0 Å². The molecule has 7 nitrogen and oxygen atoms in total. The van der Waals surface area contributed by atoms with Crippen LogP contribution in [0.15, 0.2) is 10.3 Å². The quantitative estimate of drug-likeness (QED) is 0.724. The van der Waals surface area contributed by atoms with E-state index >= 15 is 0 Å². The van der Waals surface area contributed by atoms with Crippen molar-refractivity contribution < 1.29 is 27.9 Å². The van der Waals surface area contributed by atoms with Gasteiger partial charge in [-0.3, -0.25) is 4.79 Å². The average Bonchev–Trinajstić information content (AvgIpc) is 2.78. The third-order valence-electron chi connectivity index (χ3n) is 2.86. The van der Waals surface area contributed by atoms with Crippen LogP contribution in [0.5, 0.6) is 0 Å². The van der Waals surface area contributed by atoms with Gasteiger partial charge in [-0.1, -0.05) is 13.8 Å². The highest BCUT2D eigenvalue weighted by molar-refractivity contribution is 7.89. The van der Waals surface area contributed by atoms with E-state index in [2.05, 4.69) is 9.46 Å². The Labute approximate surface area is 133 Å². The number of carbonyl (C=O) groups is 2. The molecule has 0 aromatic carbocycles. The average molecular weight is 349 g/mol. The summed E-state index contributed by atoms with van der Waals surface area (Å²) in [6, 6.07) is -1.25. The molecule has 2 N–H and O–H groups in total. The Hall–Kier alpha value is -1.45. The second-order valence-electron chi connectivity index (χ2n) is 5.21. The van der Waals surface area contributed by atoms with Crippen LogP contribution in [-0.2, 0) is 19.6 Å². The molecule has 0 radical (unpaired) electrons. The Bertz CT molecular complexity index is 662. The van der Waals surface area contributed by atoms with Crippen LogP contribution in [0.2, 0.25) is 0 Å². The Balaban J connectivity index is 3.22. The van der Waals surface area contributed by atoms with Crippen LogP contribution in [0.25, 0.3) is 0 Å². The van der Waals surface area contributed by atoms with Gasteiger partial charge in [0.15, 0.2) is 0 Å². The van der Waals surface area contributed by atoms with Crippen molar-refractivity contribution in [2.45, 2.75) is 38.1 Å². The van der Waals surface area contributed by atoms with E-state index in [-0.39, 0.29) is 22.1 Å². The third-order valence-corrected chi connectivity index (χ3v) is 5.73. The molecule has 0 bridgehead atoms. The third kappa shape index (κ3) is 4.28. The molecule has 0 saturated heterocycles. The van der Waals surface area contributed by atoms with Gasteiger partial charge in [-0.15, -0.1) is 11.3 Å². The molecule has 0 fully saturated rings. The van der Waals surface area contributed by atoms with Gasteiger partial charge in [-0.25, -0.2) is 13.2 Å². The number of rotatable bonds is 7. The molecule has 22 heavy (non-hydrogen) atoms. The summed E-state index contributed by atoms with van der Waals surface area (Å²) in [7, 11) is -2.99. The van der Waals surface area contributed by atoms with Gasteiger partial charge < -0.3 is 9.84 Å². The predicted octanol–water partition coefficient (Wildman–Crippen LogP) is 1.62. The lowest BCUT2D eigenvalue weighted by Crippen LogP contribution is -2.42. The summed E-state index contributed by atoms with van der Waals surface area (Å²) in [5, 5.41) is 10.7. The fourth-order valence-corrected chi connectivity index (χ4v) is 4.83. The maximum atomic E-state index is 12.5. The molecule has 0 aliphatic rings. The minimum Gasteiger partial charge on any atom is -0.480 e. The number of sulfonamides is 1. The van der Waals surface area contributed by atoms with Crippen LogP contribution in [0.1, 0.15) is 35.5 Å². The molecule has 1 unspecified atom stereocenters. The van der Waals surface area contributed by atoms with Crippen molar-refractivity contribution in [3.63, 3.8) is 0 Å². The highest BCUT2D eigenvalue weighted by Gasteiger charge is 2.32. The number of methoxy groups -OCH3 is 1. The maximum Gasteiger partial charge on any atom is 0.349 e. The fraction of sp³-hybridized carbons (Fsp3) is 0.538. The van der Waals surface area contributed by atoms with Gasteiger partial charge in [0.05, 0.1) is 7.11 Å². The highest BCUT2D eigenvalue weighted by atomic mass is 32.2. The largest absolute Gasteiger partial charge is 0.480 e. The lowest BCUT2D eigenvalue weighted by molar-refractivity contribution is -0.139. The Kier molecular flexibility index (Phi) is 6.09. The van der Waals surface area contributed by atoms with Crippen molar-refractivity contribution in [3.8, 4) is 0 Å². The fourth-order valence-electron chi connectivity index (χ4n) is 1.92. The van der Waals surface area contributed by atoms with Crippen molar-refractivity contribution >= 4 is 33.3 Å². The number of thiophene rings is 1. The van der Waals surface area contributed by atoms with E-state index in [1.54, 1.807) is 13.8 Å². The maximum absolute atomic E-state index is 12.5. The molecule has 0 saturated carbocycles. The minimum absolute atomic E-state index is 0.00699. The smallest absolute Gasteiger partial charge is 0.349 e. The van der Waals surface area contributed by atoms with Gasteiger partial charge in [0.1, 0.15) is 15.8 Å². The normalized spacial score (nSPS) is 13.1. The Morgan fingerprint density at radius 3 is 2.45 bits per heavy atom. The zero-order chi connectivity index (χ0) is 17.1. The molecule has 9 heteroatoms. The highest BCUT2D eigenvalue weighted by Crippen LogP contribution is 2.28. The molecule has 0 aliphatic heterocycles. The van der Waals surface area contributed by atoms with Crippen LogP contribution >= 0.6 is 11.3 Å². The van der Waals surface area contributed by atoms with Gasteiger partial charge in [-0.2, -0.15) is 4.72 Å². The molecule has 0 aliphatic carbocycles. The molecule has 1 atom stereocenters. The molecule has 1 heterocycles. The van der Waals surface area contributed by atoms with Crippen molar-refractivity contribution in [1.82, 2.24) is 4.72 Å². The van der Waals surface area contributed by atoms with Crippen LogP contribution in [0.4, 0.5) is 0 Å². The first-order valence-corrected chi connectivity index (χ1v) is 8.88. The number of esters is 1. The number of carboxylic acids is 1. The zero-order valence-corrected chi connectivity index (χ0v) is 14.4. The lowest BCUT2D eigenvalue weighted by atomic mass is 10.1. The first kappa shape index (κ1) is 18.6. The minimum atomic E-state index is -4.14. The molecular weight excluding hydrogens is 330 g/mol. The van der Waals surface area contributed by atoms with Gasteiger partial charge in [0.25, 0.3) is 0 Å². The van der Waals surface area contributed by atoms with Crippen LogP contribution < -0.4 is 4.72 Å². The van der Waals surface area contributed by atoms with Crippen molar-refractivity contribution in [2.75, 3.05) is 7.11 Å². The SMILES string of the molecule is COC(=O)c1scc(C)c1S(=O)(=O)NC(CC(C)C)C(=O)O. The Morgan fingerprint density at radius 2 is 2.00 bits per heavy atom. The van der Waals surface area contributed by atoms with Crippen molar-refractivity contribution in [3.05, 3.63) is 15.8 Å². The predicted molar refractivity (Wildman–Crippen MR) is 81.6 cm³/mol. The number of hydrogen-bond donors (Lipinski definition) is 2. The van der Waals surface area contributed by atoms with Crippen LogP contribution in [-0.4, -0.2) is 38.6 Å². The first-order valence-electron chi connectivity index (χ1n) is 6.51. The second-order valence-corrected chi connectivity index (χ2v) is 7.74. The van der Waals surface area contributed by atoms with E-state index in [1.165, 1.54) is 12.3 Å². The standard InChI is InChI=1S/C13H19NO6S2/c1-7(2)5-9(12(15)16)14-22(18,19)11-8(3)6-21-10(11)13(17)20-4/h6-7,9,14H,5H2,1-4H3,(H,15,16). The molecule has 0 spiro atoms. The number of nitrogens with one attached hydrogen (secondary N) is 1. The first-order chi connectivity index (χ1) is 10.1. The van der Waals surface area contributed by atoms with Crippen LogP contribution in [0.3, 0.4) is 0 Å². The van der Waals surface area contributed by atoms with Gasteiger partial charge >= 0.3 is 11.9 Å². The summed E-state index contributed by atoms with van der Waals surface area (Å²) in [5.74, 6) is -2.04. The topological polar surface area (TPSA) is 110 Å². The van der Waals surface area contributed by atoms with E-state index in [4.69, 9.17) is 5.11 Å². The molecule has 1 rings (SSSR count). The zero-order valence-electron chi connectivity index (χ0n) is 12.7. The van der Waals surface area contributed by atoms with Gasteiger partial charge in [-0.05, 0) is 30.2 Å². The van der Waals surface area contributed by atoms with E-state index in [0.717, 1.165) is 18.4 Å². The summed E-state index contributed by atoms with van der Waals surface area (Å²) in [6.45, 7) is 5.12. The van der Waals surface area contributed by atoms with Gasteiger partial charge in [0.2, 0.25) is 10.0 Å². The number of carbonyl (C=O) groups excluding carboxylic acids is 1. The molecule has 1 aromatic rings. The van der Waals surface area contributed by atoms with E-state index in [1.807, 2.05) is 0 Å². The monoisotopic (exact) mass is 349 g/mol. The summed E-state index contributed by atoms with van der Waals surface area (Å²) < 4.78 is 31.7. The van der Waals surface area contributed by atoms with Crippen molar-refractivity contribution in [2.24, 2.45) is 5.92 Å². The number of aliphatic carboxylic acids is 1. The van der Waals surface area contributed by atoms with E-state index in [9.17, 15) is 18.0 Å². The second kappa shape index (κ2) is 7.21. The van der Waals surface area contributed by atoms with E-state index < -0.39 is 28.0 Å². The molecule has 1 aromatic heterocycles. The number of hydrogen-bond acceptors (Lipinski definition) is 6. The summed E-state index contributed by atoms with van der Waals surface area (Å²) >= 11 is 0.944. The van der Waals surface area contributed by atoms with Crippen molar-refractivity contribution in [1.29, 1.82) is 0 Å². The number of carboxylic acid groups (broad SMARTS) is 1. The van der Waals surface area contributed by atoms with E-state index in [0.29, 0.717) is 5.56 Å².